The Morgan fingerprint density at radius 2 is 2.18 bits per heavy atom. The molecule has 1 aromatic carbocycles. The van der Waals surface area contributed by atoms with E-state index in [2.05, 4.69) is 10.1 Å². The van der Waals surface area contributed by atoms with E-state index in [0.29, 0.717) is 10.9 Å². The average Bonchev–Trinajstić information content (AvgIpc) is 2.96. The molecule has 1 amide bonds. The van der Waals surface area contributed by atoms with Gasteiger partial charge in [0.05, 0.1) is 18.1 Å². The van der Waals surface area contributed by atoms with Crippen molar-refractivity contribution >= 4 is 16.8 Å². The number of hydrogen-bond donors (Lipinski definition) is 2. The number of nitrogens with one attached hydrogen (secondary N) is 1. The minimum atomic E-state index is -0.459. The molecule has 3 N–H and O–H groups in total. The van der Waals surface area contributed by atoms with E-state index in [1.807, 2.05) is 18.7 Å². The van der Waals surface area contributed by atoms with Crippen LogP contribution in [0.3, 0.4) is 0 Å². The quantitative estimate of drug-likeness (QED) is 0.434. The Balaban J connectivity index is 2.09. The van der Waals surface area contributed by atoms with E-state index in [4.69, 9.17) is 5.84 Å². The van der Waals surface area contributed by atoms with Crippen molar-refractivity contribution < 1.29 is 9.18 Å². The highest BCUT2D eigenvalue weighted by atomic mass is 19.1. The number of carbonyl (C=O) groups is 1. The number of pyridine rings is 1. The third kappa shape index (κ3) is 2.53. The number of hydrazine groups is 1. The molecule has 0 fully saturated rings. The van der Waals surface area contributed by atoms with Crippen LogP contribution >= 0.6 is 0 Å². The number of aryl methyl sites for hydroxylation is 1. The van der Waals surface area contributed by atoms with Gasteiger partial charge in [0.25, 0.3) is 0 Å². The fraction of sp³-hybridized carbons (Fsp3) is 0.133. The van der Waals surface area contributed by atoms with Gasteiger partial charge in [0.2, 0.25) is 5.91 Å². The van der Waals surface area contributed by atoms with Gasteiger partial charge in [-0.15, -0.1) is 0 Å². The SMILES string of the molecule is Cn1cc(-c2cnc3ccc(CC(=O)NN)c(F)c3c2)cn1. The maximum Gasteiger partial charge on any atom is 0.238 e. The van der Waals surface area contributed by atoms with Crippen molar-refractivity contribution in [2.24, 2.45) is 12.9 Å². The molecule has 0 radical (unpaired) electrons. The normalized spacial score (nSPS) is 10.9. The summed E-state index contributed by atoms with van der Waals surface area (Å²) in [6.45, 7) is 0. The van der Waals surface area contributed by atoms with Gasteiger partial charge in [0, 0.05) is 36.0 Å². The number of hydrogen-bond acceptors (Lipinski definition) is 4. The lowest BCUT2D eigenvalue weighted by molar-refractivity contribution is -0.120. The number of amides is 1. The summed E-state index contributed by atoms with van der Waals surface area (Å²) >= 11 is 0. The van der Waals surface area contributed by atoms with Crippen LogP contribution in [0.1, 0.15) is 5.56 Å². The van der Waals surface area contributed by atoms with Gasteiger partial charge in [0.1, 0.15) is 5.82 Å². The van der Waals surface area contributed by atoms with E-state index in [9.17, 15) is 9.18 Å². The third-order valence-corrected chi connectivity index (χ3v) is 3.43. The Bertz CT molecular complexity index is 858. The molecule has 0 bridgehead atoms. The first-order chi connectivity index (χ1) is 10.6. The van der Waals surface area contributed by atoms with E-state index in [1.165, 1.54) is 0 Å². The van der Waals surface area contributed by atoms with Crippen molar-refractivity contribution in [3.05, 3.63) is 48.2 Å². The van der Waals surface area contributed by atoms with Crippen molar-refractivity contribution in [2.75, 3.05) is 0 Å². The van der Waals surface area contributed by atoms with E-state index < -0.39 is 11.7 Å². The molecule has 0 saturated carbocycles. The largest absolute Gasteiger partial charge is 0.294 e. The van der Waals surface area contributed by atoms with Crippen LogP contribution in [0.25, 0.3) is 22.0 Å². The fourth-order valence-corrected chi connectivity index (χ4v) is 2.30. The second kappa shape index (κ2) is 5.53. The standard InChI is InChI=1S/C15H14FN5O/c1-21-8-11(7-19-21)10-4-12-13(18-6-10)3-2-9(15(12)16)5-14(22)20-17/h2-4,6-8H,5,17H2,1H3,(H,20,22). The number of nitrogens with zero attached hydrogens (tertiary/aromatic N) is 3. The number of carbonyl (C=O) groups excluding carboxylic acids is 1. The highest BCUT2D eigenvalue weighted by Gasteiger charge is 2.12. The van der Waals surface area contributed by atoms with E-state index in [1.54, 1.807) is 35.3 Å². The highest BCUT2D eigenvalue weighted by molar-refractivity contribution is 5.86. The van der Waals surface area contributed by atoms with Crippen LogP contribution in [0.2, 0.25) is 0 Å². The molecule has 22 heavy (non-hydrogen) atoms. The van der Waals surface area contributed by atoms with Crippen molar-refractivity contribution in [1.82, 2.24) is 20.2 Å². The molecule has 0 aliphatic heterocycles. The second-order valence-electron chi connectivity index (χ2n) is 4.98. The van der Waals surface area contributed by atoms with Crippen LogP contribution in [-0.2, 0) is 18.3 Å². The van der Waals surface area contributed by atoms with E-state index in [-0.39, 0.29) is 12.0 Å². The Kier molecular flexibility index (Phi) is 3.56. The summed E-state index contributed by atoms with van der Waals surface area (Å²) in [5, 5.41) is 4.46. The Hall–Kier alpha value is -2.80. The first-order valence-corrected chi connectivity index (χ1v) is 6.64. The first kappa shape index (κ1) is 14.2. The fourth-order valence-electron chi connectivity index (χ4n) is 2.30. The molecule has 0 saturated heterocycles. The Morgan fingerprint density at radius 1 is 1.36 bits per heavy atom. The molecule has 2 heterocycles. The molecule has 3 aromatic rings. The Morgan fingerprint density at radius 3 is 2.86 bits per heavy atom. The molecule has 0 unspecified atom stereocenters. The molecule has 0 atom stereocenters. The lowest BCUT2D eigenvalue weighted by atomic mass is 10.0. The predicted octanol–water partition coefficient (Wildman–Crippen LogP) is 1.31. The molecule has 0 aliphatic rings. The lowest BCUT2D eigenvalue weighted by Crippen LogP contribution is -2.31. The van der Waals surface area contributed by atoms with Gasteiger partial charge >= 0.3 is 0 Å². The summed E-state index contributed by atoms with van der Waals surface area (Å²) in [7, 11) is 1.81. The molecule has 0 aliphatic carbocycles. The molecule has 3 rings (SSSR count). The molecule has 112 valence electrons. The smallest absolute Gasteiger partial charge is 0.238 e. The summed E-state index contributed by atoms with van der Waals surface area (Å²) in [4.78, 5) is 15.6. The number of rotatable bonds is 3. The van der Waals surface area contributed by atoms with Gasteiger partial charge in [-0.2, -0.15) is 5.10 Å². The zero-order valence-electron chi connectivity index (χ0n) is 11.9. The summed E-state index contributed by atoms with van der Waals surface area (Å²) in [6, 6.07) is 4.94. The van der Waals surface area contributed by atoms with Crippen molar-refractivity contribution in [2.45, 2.75) is 6.42 Å². The zero-order chi connectivity index (χ0) is 15.7. The first-order valence-electron chi connectivity index (χ1n) is 6.64. The van der Waals surface area contributed by atoms with Crippen LogP contribution < -0.4 is 11.3 Å². The minimum Gasteiger partial charge on any atom is -0.294 e. The van der Waals surface area contributed by atoms with Gasteiger partial charge in [-0.1, -0.05) is 6.07 Å². The van der Waals surface area contributed by atoms with Crippen molar-refractivity contribution in [3.63, 3.8) is 0 Å². The summed E-state index contributed by atoms with van der Waals surface area (Å²) in [5.74, 6) is 4.13. The van der Waals surface area contributed by atoms with Gasteiger partial charge in [-0.05, 0) is 17.7 Å². The molecule has 7 heteroatoms. The molecule has 2 aromatic heterocycles. The van der Waals surface area contributed by atoms with Gasteiger partial charge in [-0.25, -0.2) is 10.2 Å². The summed E-state index contributed by atoms with van der Waals surface area (Å²) in [6.07, 6.45) is 5.07. The molecular formula is C15H14FN5O. The second-order valence-corrected chi connectivity index (χ2v) is 4.98. The van der Waals surface area contributed by atoms with Crippen LogP contribution in [0.4, 0.5) is 4.39 Å². The number of aromatic nitrogens is 3. The van der Waals surface area contributed by atoms with Crippen LogP contribution in [0.15, 0.2) is 36.8 Å². The number of fused-ring (bicyclic) bond motifs is 1. The van der Waals surface area contributed by atoms with E-state index >= 15 is 0 Å². The predicted molar refractivity (Wildman–Crippen MR) is 79.9 cm³/mol. The monoisotopic (exact) mass is 299 g/mol. The lowest BCUT2D eigenvalue weighted by Gasteiger charge is -2.07. The van der Waals surface area contributed by atoms with Crippen LogP contribution in [0, 0.1) is 5.82 Å². The zero-order valence-corrected chi connectivity index (χ0v) is 11.9. The van der Waals surface area contributed by atoms with Gasteiger partial charge in [-0.3, -0.25) is 19.9 Å². The summed E-state index contributed by atoms with van der Waals surface area (Å²) in [5.41, 5.74) is 4.42. The van der Waals surface area contributed by atoms with Crippen molar-refractivity contribution in [3.8, 4) is 11.1 Å². The van der Waals surface area contributed by atoms with Crippen LogP contribution in [-0.4, -0.2) is 20.7 Å². The molecule has 0 spiro atoms. The maximum atomic E-state index is 14.6. The van der Waals surface area contributed by atoms with Crippen molar-refractivity contribution in [1.29, 1.82) is 0 Å². The van der Waals surface area contributed by atoms with Gasteiger partial charge < -0.3 is 0 Å². The third-order valence-electron chi connectivity index (χ3n) is 3.43. The summed E-state index contributed by atoms with van der Waals surface area (Å²) < 4.78 is 16.2. The molecule has 6 nitrogen and oxygen atoms in total. The van der Waals surface area contributed by atoms with E-state index in [0.717, 1.165) is 11.1 Å². The average molecular weight is 299 g/mol. The minimum absolute atomic E-state index is 0.116. The number of nitrogens with two attached hydrogens (primary N) is 1. The number of benzene rings is 1. The topological polar surface area (TPSA) is 85.8 Å². The highest BCUT2D eigenvalue weighted by Crippen LogP contribution is 2.25. The molecular weight excluding hydrogens is 285 g/mol. The number of halogens is 1. The van der Waals surface area contributed by atoms with Crippen LogP contribution in [0.5, 0.6) is 0 Å². The maximum absolute atomic E-state index is 14.6. The van der Waals surface area contributed by atoms with Gasteiger partial charge in [0.15, 0.2) is 0 Å². The Labute approximate surface area is 125 Å².